The first-order chi connectivity index (χ1) is 30.0. The van der Waals surface area contributed by atoms with E-state index in [1.54, 1.807) is 6.08 Å². The summed E-state index contributed by atoms with van der Waals surface area (Å²) in [5.74, 6) is -1.18. The fourth-order valence-electron chi connectivity index (χ4n) is 5.69. The molecule has 0 aromatic rings. The largest absolute Gasteiger partial charge is 0.462 e. The Labute approximate surface area is 373 Å². The van der Waals surface area contributed by atoms with Gasteiger partial charge in [0.25, 0.3) is 0 Å². The summed E-state index contributed by atoms with van der Waals surface area (Å²) in [6.07, 6.45) is 67.7. The van der Waals surface area contributed by atoms with Crippen LogP contribution >= 0.6 is 0 Å². The van der Waals surface area contributed by atoms with E-state index in [0.717, 1.165) is 96.3 Å². The molecule has 0 radical (unpaired) electrons. The van der Waals surface area contributed by atoms with Crippen molar-refractivity contribution in [1.29, 1.82) is 0 Å². The van der Waals surface area contributed by atoms with Crippen LogP contribution in [-0.2, 0) is 28.6 Å². The van der Waals surface area contributed by atoms with E-state index in [-0.39, 0.29) is 44.4 Å². The Morgan fingerprint density at radius 1 is 0.377 bits per heavy atom. The summed E-state index contributed by atoms with van der Waals surface area (Å²) >= 11 is 0. The minimum absolute atomic E-state index is 0.114. The highest BCUT2D eigenvalue weighted by atomic mass is 16.6. The van der Waals surface area contributed by atoms with Crippen LogP contribution in [0.2, 0.25) is 0 Å². The molecule has 6 heteroatoms. The Balaban J connectivity index is 4.57. The van der Waals surface area contributed by atoms with Crippen LogP contribution in [0.5, 0.6) is 0 Å². The highest BCUT2D eigenvalue weighted by Crippen LogP contribution is 2.11. The predicted octanol–water partition coefficient (Wildman–Crippen LogP) is 15.5. The third kappa shape index (κ3) is 46.5. The van der Waals surface area contributed by atoms with Crippen molar-refractivity contribution in [2.24, 2.45) is 0 Å². The van der Waals surface area contributed by atoms with E-state index in [9.17, 15) is 14.4 Å². The standard InChI is InChI=1S/C55H84O6/c1-4-7-10-13-16-19-21-23-25-26-27-28-30-31-33-36-39-42-45-48-54(57)60-51-52(50-59-53(56)47-44-41-38-35-18-15-12-9-6-3)61-55(58)49-46-43-40-37-34-32-29-24-22-20-17-14-11-8-5-2/h7,9-10,12,16-20,22-25,27-28,31,33,35,39,41-42,44,52H,4-6,8,11,13-15,21,26,29-30,32,34,36-38,40,43,45-51H2,1-3H3/b10-7-,12-9-,19-16-,20-17-,24-22-,25-23-,28-27-,33-31-,35-18-,42-39-,44-41-. The van der Waals surface area contributed by atoms with Crippen LogP contribution in [-0.4, -0.2) is 37.2 Å². The quantitative estimate of drug-likeness (QED) is 0.0201. The Morgan fingerprint density at radius 2 is 0.787 bits per heavy atom. The molecule has 0 aromatic heterocycles. The summed E-state index contributed by atoms with van der Waals surface area (Å²) in [6.45, 7) is 6.16. The Kier molecular flexibility index (Phi) is 44.7. The van der Waals surface area contributed by atoms with E-state index >= 15 is 0 Å². The van der Waals surface area contributed by atoms with E-state index in [2.05, 4.69) is 130 Å². The summed E-state index contributed by atoms with van der Waals surface area (Å²) in [6, 6.07) is 0. The van der Waals surface area contributed by atoms with Crippen molar-refractivity contribution in [1.82, 2.24) is 0 Å². The van der Waals surface area contributed by atoms with Gasteiger partial charge >= 0.3 is 17.9 Å². The first-order valence-corrected chi connectivity index (χ1v) is 23.7. The molecule has 0 N–H and O–H groups in total. The number of esters is 3. The molecule has 1 atom stereocenters. The normalized spacial score (nSPS) is 13.3. The number of allylic oxidation sites excluding steroid dienone is 21. The van der Waals surface area contributed by atoms with Crippen LogP contribution in [0.4, 0.5) is 0 Å². The van der Waals surface area contributed by atoms with Crippen molar-refractivity contribution >= 4 is 17.9 Å². The van der Waals surface area contributed by atoms with Crippen molar-refractivity contribution in [2.45, 2.75) is 181 Å². The maximum absolute atomic E-state index is 12.7. The monoisotopic (exact) mass is 841 g/mol. The van der Waals surface area contributed by atoms with Gasteiger partial charge in [0, 0.05) is 12.8 Å². The Hall–Kier alpha value is -4.45. The topological polar surface area (TPSA) is 78.9 Å². The third-order valence-corrected chi connectivity index (χ3v) is 9.19. The van der Waals surface area contributed by atoms with Gasteiger partial charge in [-0.05, 0) is 96.3 Å². The van der Waals surface area contributed by atoms with Gasteiger partial charge < -0.3 is 14.2 Å². The molecule has 0 aromatic carbocycles. The first kappa shape index (κ1) is 56.5. The predicted molar refractivity (Wildman–Crippen MR) is 260 cm³/mol. The van der Waals surface area contributed by atoms with Crippen molar-refractivity contribution in [3.05, 3.63) is 134 Å². The zero-order chi connectivity index (χ0) is 44.4. The highest BCUT2D eigenvalue weighted by molar-refractivity contribution is 5.72. The highest BCUT2D eigenvalue weighted by Gasteiger charge is 2.19. The summed E-state index contributed by atoms with van der Waals surface area (Å²) in [7, 11) is 0. The van der Waals surface area contributed by atoms with Crippen LogP contribution in [0.3, 0.4) is 0 Å². The second kappa shape index (κ2) is 48.2. The van der Waals surface area contributed by atoms with E-state index in [0.29, 0.717) is 6.42 Å². The number of rotatable bonds is 40. The van der Waals surface area contributed by atoms with Crippen molar-refractivity contribution < 1.29 is 28.6 Å². The second-order valence-electron chi connectivity index (χ2n) is 14.9. The molecular weight excluding hydrogens is 757 g/mol. The number of carbonyl (C=O) groups excluding carboxylic acids is 3. The summed E-state index contributed by atoms with van der Waals surface area (Å²) < 4.78 is 16.5. The second-order valence-corrected chi connectivity index (χ2v) is 14.9. The molecule has 0 saturated heterocycles. The average Bonchev–Trinajstić information content (AvgIpc) is 3.26. The Morgan fingerprint density at radius 3 is 1.28 bits per heavy atom. The molecule has 0 amide bonds. The van der Waals surface area contributed by atoms with E-state index in [1.807, 2.05) is 18.2 Å². The van der Waals surface area contributed by atoms with Gasteiger partial charge in [-0.25, -0.2) is 0 Å². The SMILES string of the molecule is CC/C=C\C/C=C\C/C=C\C/C=C\C/C=C\C/C=C\CCC(=O)OCC(COC(=O)C/C=C\C/C=C\C/C=C\CC)OC(=O)CCCCCCCC/C=C\C=C/CCCCC. The molecule has 0 aliphatic rings. The molecule has 0 heterocycles. The third-order valence-electron chi connectivity index (χ3n) is 9.19. The fourth-order valence-corrected chi connectivity index (χ4v) is 5.69. The van der Waals surface area contributed by atoms with E-state index < -0.39 is 12.1 Å². The molecule has 6 nitrogen and oxygen atoms in total. The molecule has 340 valence electrons. The van der Waals surface area contributed by atoms with Crippen LogP contribution in [0.15, 0.2) is 134 Å². The van der Waals surface area contributed by atoms with Crippen molar-refractivity contribution in [3.63, 3.8) is 0 Å². The molecule has 0 aliphatic heterocycles. The first-order valence-electron chi connectivity index (χ1n) is 23.7. The molecule has 1 unspecified atom stereocenters. The fraction of sp³-hybridized carbons (Fsp3) is 0.545. The van der Waals surface area contributed by atoms with Gasteiger partial charge in [-0.1, -0.05) is 193 Å². The number of hydrogen-bond donors (Lipinski definition) is 0. The molecule has 0 bridgehead atoms. The van der Waals surface area contributed by atoms with Crippen LogP contribution in [0.25, 0.3) is 0 Å². The Bertz CT molecular complexity index is 1380. The van der Waals surface area contributed by atoms with Gasteiger partial charge in [-0.2, -0.15) is 0 Å². The van der Waals surface area contributed by atoms with E-state index in [1.165, 1.54) is 32.1 Å². The molecule has 0 fully saturated rings. The summed E-state index contributed by atoms with van der Waals surface area (Å²) in [4.78, 5) is 37.7. The molecule has 61 heavy (non-hydrogen) atoms. The maximum Gasteiger partial charge on any atom is 0.309 e. The minimum Gasteiger partial charge on any atom is -0.462 e. The molecule has 0 spiro atoms. The van der Waals surface area contributed by atoms with Gasteiger partial charge in [0.1, 0.15) is 13.2 Å². The average molecular weight is 841 g/mol. The van der Waals surface area contributed by atoms with Gasteiger partial charge in [-0.15, -0.1) is 0 Å². The number of hydrogen-bond acceptors (Lipinski definition) is 6. The summed E-state index contributed by atoms with van der Waals surface area (Å²) in [5, 5.41) is 0. The lowest BCUT2D eigenvalue weighted by molar-refractivity contribution is -0.166. The molecule has 0 rings (SSSR count). The molecule has 0 saturated carbocycles. The maximum atomic E-state index is 12.7. The lowest BCUT2D eigenvalue weighted by atomic mass is 10.1. The van der Waals surface area contributed by atoms with Crippen molar-refractivity contribution in [3.8, 4) is 0 Å². The van der Waals surface area contributed by atoms with Crippen molar-refractivity contribution in [2.75, 3.05) is 13.2 Å². The number of carbonyl (C=O) groups is 3. The lowest BCUT2D eigenvalue weighted by Crippen LogP contribution is -2.30. The minimum atomic E-state index is -0.853. The van der Waals surface area contributed by atoms with E-state index in [4.69, 9.17) is 14.2 Å². The van der Waals surface area contributed by atoms with Gasteiger partial charge in [0.15, 0.2) is 6.10 Å². The molecular formula is C55H84O6. The van der Waals surface area contributed by atoms with Gasteiger partial charge in [-0.3, -0.25) is 14.4 Å². The molecule has 0 aliphatic carbocycles. The summed E-state index contributed by atoms with van der Waals surface area (Å²) in [5.41, 5.74) is 0. The van der Waals surface area contributed by atoms with Crippen LogP contribution < -0.4 is 0 Å². The number of unbranched alkanes of at least 4 members (excludes halogenated alkanes) is 9. The lowest BCUT2D eigenvalue weighted by Gasteiger charge is -2.18. The zero-order valence-corrected chi connectivity index (χ0v) is 38.6. The zero-order valence-electron chi connectivity index (χ0n) is 38.6. The smallest absolute Gasteiger partial charge is 0.309 e. The van der Waals surface area contributed by atoms with Crippen LogP contribution in [0, 0.1) is 0 Å². The van der Waals surface area contributed by atoms with Gasteiger partial charge in [0.2, 0.25) is 0 Å². The number of ether oxygens (including phenoxy) is 3. The van der Waals surface area contributed by atoms with Gasteiger partial charge in [0.05, 0.1) is 6.42 Å². The van der Waals surface area contributed by atoms with Crippen LogP contribution in [0.1, 0.15) is 175 Å².